The van der Waals surface area contributed by atoms with Crippen molar-refractivity contribution in [2.24, 2.45) is 11.8 Å². The third-order valence-corrected chi connectivity index (χ3v) is 28.2. The number of carbonyl (C=O) groups excluding carboxylic acids is 2. The van der Waals surface area contributed by atoms with Crippen LogP contribution in [-0.2, 0) is 29.5 Å². The number of carbonyl (C=O) groups is 2. The Morgan fingerprint density at radius 3 is 1.24 bits per heavy atom. The molecule has 8 aliphatic rings. The number of benzene rings is 6. The van der Waals surface area contributed by atoms with Crippen LogP contribution in [0.1, 0.15) is 218 Å². The number of sulfonamides is 2. The zero-order valence-corrected chi connectivity index (χ0v) is 67.6. The lowest BCUT2D eigenvalue weighted by Gasteiger charge is -2.39. The van der Waals surface area contributed by atoms with Crippen molar-refractivity contribution in [3.8, 4) is 23.0 Å². The van der Waals surface area contributed by atoms with Gasteiger partial charge < -0.3 is 39.5 Å². The summed E-state index contributed by atoms with van der Waals surface area (Å²) in [6.07, 6.45) is 28.2. The van der Waals surface area contributed by atoms with Crippen molar-refractivity contribution in [2.75, 3.05) is 63.2 Å². The summed E-state index contributed by atoms with van der Waals surface area (Å²) in [5, 5.41) is 32.0. The van der Waals surface area contributed by atoms with Gasteiger partial charge in [0.1, 0.15) is 45.7 Å². The first-order valence-electron chi connectivity index (χ1n) is 41.9. The monoisotopic (exact) mass is 1640 g/mol. The number of nitrogens with one attached hydrogen (secondary N) is 6. The number of likely N-dealkylation sites (tertiary alicyclic amines) is 2. The fraction of sp³-hybridized carbons (Fsp3) is 0.422. The summed E-state index contributed by atoms with van der Waals surface area (Å²) in [7, 11) is -9.05. The van der Waals surface area contributed by atoms with E-state index >= 15 is 0 Å². The third-order valence-electron chi connectivity index (χ3n) is 25.6. The Bertz CT molecular complexity index is 5250. The second-order valence-electron chi connectivity index (χ2n) is 33.1. The highest BCUT2D eigenvalue weighted by atomic mass is 32.2. The Kier molecular flexibility index (Phi) is 23.8. The number of hydrogen-bond donors (Lipinski definition) is 6. The number of nitrogens with zero attached hydrogens (tertiary/aromatic N) is 6. The molecular formula is C90H100N12O14S2. The Morgan fingerprint density at radius 1 is 0.458 bits per heavy atom. The van der Waals surface area contributed by atoms with Crippen molar-refractivity contribution in [3.63, 3.8) is 0 Å². The molecule has 4 aliphatic heterocycles. The largest absolute Gasteiger partial charge is 0.455 e. The Hall–Kier alpha value is -10.6. The number of aromatic amines is 2. The Labute approximate surface area is 686 Å². The summed E-state index contributed by atoms with van der Waals surface area (Å²) in [6.45, 7) is 5.77. The van der Waals surface area contributed by atoms with Gasteiger partial charge in [-0.15, -0.1) is 0 Å². The van der Waals surface area contributed by atoms with E-state index in [0.29, 0.717) is 86.5 Å². The highest BCUT2D eigenvalue weighted by Gasteiger charge is 2.41. The molecule has 26 nitrogen and oxygen atoms in total. The molecule has 4 saturated carbocycles. The number of fused-ring (bicyclic) bond motifs is 2. The average Bonchev–Trinajstić information content (AvgIpc) is 1.53. The van der Waals surface area contributed by atoms with Crippen LogP contribution < -0.4 is 29.6 Å². The van der Waals surface area contributed by atoms with E-state index in [9.17, 15) is 46.7 Å². The first-order chi connectivity index (χ1) is 57.4. The van der Waals surface area contributed by atoms with Gasteiger partial charge in [-0.2, -0.15) is 0 Å². The van der Waals surface area contributed by atoms with Gasteiger partial charge in [-0.05, 0) is 283 Å². The molecule has 4 saturated heterocycles. The lowest BCUT2D eigenvalue weighted by atomic mass is 9.80. The number of ether oxygens (including phenoxy) is 4. The number of anilines is 2. The predicted octanol–water partition coefficient (Wildman–Crippen LogP) is 17.9. The molecule has 2 amide bonds. The highest BCUT2D eigenvalue weighted by molar-refractivity contribution is 7.90. The maximum atomic E-state index is 13.9. The van der Waals surface area contributed by atoms with Gasteiger partial charge in [0, 0.05) is 99.0 Å². The van der Waals surface area contributed by atoms with E-state index in [4.69, 9.17) is 18.9 Å². The summed E-state index contributed by atoms with van der Waals surface area (Å²) in [5.41, 5.74) is 9.18. The van der Waals surface area contributed by atoms with Crippen molar-refractivity contribution in [1.82, 2.24) is 39.2 Å². The van der Waals surface area contributed by atoms with E-state index in [1.807, 2.05) is 36.4 Å². The second-order valence-corrected chi connectivity index (χ2v) is 36.5. The molecule has 0 spiro atoms. The van der Waals surface area contributed by atoms with Crippen LogP contribution in [0, 0.1) is 32.1 Å². The fourth-order valence-corrected chi connectivity index (χ4v) is 20.9. The van der Waals surface area contributed by atoms with Crippen molar-refractivity contribution >= 4 is 76.7 Å². The molecule has 118 heavy (non-hydrogen) atoms. The zero-order chi connectivity index (χ0) is 81.0. The minimum absolute atomic E-state index is 0.0126. The molecule has 4 aliphatic carbocycles. The molecule has 6 N–H and O–H groups in total. The molecule has 616 valence electrons. The van der Waals surface area contributed by atoms with Crippen LogP contribution >= 0.6 is 0 Å². The predicted molar refractivity (Wildman–Crippen MR) is 449 cm³/mol. The standard InChI is InChI=1S/2C45H50N6O7S/c2*52-45(49-59(55,56)36-14-16-40(42(26-36)51(53)54)47-27-29-18-22-57-23-19-29)39-15-11-32(25-43(39)58-35-24-33-17-20-46-44(33)48-28-35)30-9-12-34(13-10-30)50-21-3-6-41(50)38-5-2-1-4-37(38)31-7-8-31/h2*1-2,4-5,11,14-17,20,24-26,28-31,34,41,47H,3,6-10,12-13,18-19,21-23,27H2,(H,46,48)(H,49,52). The van der Waals surface area contributed by atoms with Gasteiger partial charge in [-0.25, -0.2) is 36.2 Å². The number of pyridine rings is 2. The summed E-state index contributed by atoms with van der Waals surface area (Å²) < 4.78 is 82.5. The minimum Gasteiger partial charge on any atom is -0.455 e. The van der Waals surface area contributed by atoms with Crippen LogP contribution in [0.5, 0.6) is 23.0 Å². The van der Waals surface area contributed by atoms with Crippen LogP contribution in [0.4, 0.5) is 22.7 Å². The minimum atomic E-state index is -4.53. The summed E-state index contributed by atoms with van der Waals surface area (Å²) in [4.78, 5) is 70.5. The van der Waals surface area contributed by atoms with Gasteiger partial charge in [-0.1, -0.05) is 60.7 Å². The van der Waals surface area contributed by atoms with Crippen LogP contribution in [0.3, 0.4) is 0 Å². The summed E-state index contributed by atoms with van der Waals surface area (Å²) >= 11 is 0. The molecule has 8 heterocycles. The van der Waals surface area contributed by atoms with Crippen molar-refractivity contribution in [3.05, 3.63) is 235 Å². The normalized spacial score (nSPS) is 21.7. The van der Waals surface area contributed by atoms with Gasteiger partial charge in [0.15, 0.2) is 0 Å². The molecular weight excluding hydrogens is 1540 g/mol. The maximum absolute atomic E-state index is 13.9. The highest BCUT2D eigenvalue weighted by Crippen LogP contribution is 2.51. The molecule has 6 aromatic carbocycles. The molecule has 28 heteroatoms. The Balaban J connectivity index is 0.000000169. The molecule has 2 atom stereocenters. The van der Waals surface area contributed by atoms with Gasteiger partial charge in [0.05, 0.1) is 43.2 Å². The topological polar surface area (TPSA) is 338 Å². The molecule has 4 aromatic heterocycles. The molecule has 0 bridgehead atoms. The lowest BCUT2D eigenvalue weighted by molar-refractivity contribution is -0.384. The molecule has 18 rings (SSSR count). The molecule has 8 fully saturated rings. The van der Waals surface area contributed by atoms with Crippen LogP contribution in [0.2, 0.25) is 0 Å². The first kappa shape index (κ1) is 79.8. The molecule has 2 unspecified atom stereocenters. The number of rotatable bonds is 26. The third kappa shape index (κ3) is 18.2. The van der Waals surface area contributed by atoms with Crippen LogP contribution in [-0.4, -0.2) is 133 Å². The number of H-pyrrole nitrogens is 2. The van der Waals surface area contributed by atoms with Gasteiger partial charge >= 0.3 is 0 Å². The molecule has 0 radical (unpaired) electrons. The van der Waals surface area contributed by atoms with Crippen LogP contribution in [0.15, 0.2) is 180 Å². The number of nitro groups is 2. The quantitative estimate of drug-likeness (QED) is 0.0217. The van der Waals surface area contributed by atoms with E-state index in [2.05, 4.69) is 98.3 Å². The van der Waals surface area contributed by atoms with E-state index in [0.717, 1.165) is 136 Å². The van der Waals surface area contributed by atoms with Crippen molar-refractivity contribution in [2.45, 2.75) is 186 Å². The number of hydrogen-bond acceptors (Lipinski definition) is 20. The summed E-state index contributed by atoms with van der Waals surface area (Å²) in [6, 6.07) is 45.3. The zero-order valence-electron chi connectivity index (χ0n) is 66.0. The maximum Gasteiger partial charge on any atom is 0.293 e. The van der Waals surface area contributed by atoms with E-state index in [1.54, 1.807) is 60.2 Å². The smallest absolute Gasteiger partial charge is 0.293 e. The van der Waals surface area contributed by atoms with Crippen molar-refractivity contribution in [1.29, 1.82) is 0 Å². The Morgan fingerprint density at radius 2 is 0.847 bits per heavy atom. The first-order valence-corrected chi connectivity index (χ1v) is 44.9. The summed E-state index contributed by atoms with van der Waals surface area (Å²) in [5.74, 6) is 1.82. The number of aromatic nitrogens is 4. The number of amides is 2. The van der Waals surface area contributed by atoms with E-state index < -0.39 is 62.9 Å². The number of nitro benzene ring substituents is 2. The molecule has 10 aromatic rings. The van der Waals surface area contributed by atoms with E-state index in [-0.39, 0.29) is 57.7 Å². The van der Waals surface area contributed by atoms with Gasteiger partial charge in [0.25, 0.3) is 43.2 Å². The van der Waals surface area contributed by atoms with Crippen molar-refractivity contribution < 1.29 is 55.2 Å². The van der Waals surface area contributed by atoms with E-state index in [1.165, 1.54) is 86.8 Å². The van der Waals surface area contributed by atoms with Gasteiger partial charge in [-0.3, -0.25) is 39.6 Å². The fourth-order valence-electron chi connectivity index (χ4n) is 18.9. The van der Waals surface area contributed by atoms with Crippen LogP contribution in [0.25, 0.3) is 22.1 Å². The average molecular weight is 1640 g/mol. The van der Waals surface area contributed by atoms with Gasteiger partial charge in [0.2, 0.25) is 0 Å². The SMILES string of the molecule is O=C(NS(=O)(=O)c1ccc(NCC2CCOCC2)c([N+](=O)[O-])c1)c1ccc(C2CCC(N3CCCC3c3ccccc3C3CC3)CC2)cc1Oc1cnc2[nH]ccc2c1.O=C(NS(=O)(=O)c1ccc(NCC2CCOCC2)c([N+](=O)[O-])c1)c1ccc(C2CCC(N3CCCC3c3ccccc3C3CC3)CC2)cc1Oc1cnc2[nH]ccc2c1. The second kappa shape index (κ2) is 35.1. The lowest BCUT2D eigenvalue weighted by Crippen LogP contribution is -2.37.